The number of thioether (sulfide) groups is 1. The summed E-state index contributed by atoms with van der Waals surface area (Å²) in [6.07, 6.45) is 9.71. The van der Waals surface area contributed by atoms with Gasteiger partial charge in [-0.3, -0.25) is 7.58 Å². The van der Waals surface area contributed by atoms with Crippen molar-refractivity contribution in [3.05, 3.63) is 46.5 Å². The SMILES string of the molecule is Cc1cc2c(-c3cc(SC4CC4)ccc3NC3CCC(C)CC3)cn(C)c(=O)c2n1I. The molecule has 164 valence electrons. The molecule has 0 radical (unpaired) electrons. The van der Waals surface area contributed by atoms with Gasteiger partial charge < -0.3 is 9.88 Å². The minimum atomic E-state index is 0.0561. The van der Waals surface area contributed by atoms with E-state index in [0.29, 0.717) is 6.04 Å². The minimum Gasteiger partial charge on any atom is -0.382 e. The number of hydrogen-bond donors (Lipinski definition) is 1. The van der Waals surface area contributed by atoms with Crippen LogP contribution < -0.4 is 10.9 Å². The molecule has 1 aromatic carbocycles. The molecule has 3 aromatic rings. The summed E-state index contributed by atoms with van der Waals surface area (Å²) in [5.41, 5.74) is 5.47. The third kappa shape index (κ3) is 4.30. The van der Waals surface area contributed by atoms with Crippen molar-refractivity contribution >= 4 is 51.2 Å². The van der Waals surface area contributed by atoms with E-state index in [-0.39, 0.29) is 5.56 Å². The number of rotatable bonds is 5. The molecule has 1 N–H and O–H groups in total. The van der Waals surface area contributed by atoms with Crippen LogP contribution in [0.2, 0.25) is 0 Å². The third-order valence-corrected chi connectivity index (χ3v) is 9.31. The first-order chi connectivity index (χ1) is 14.9. The van der Waals surface area contributed by atoms with Gasteiger partial charge in [0.05, 0.1) is 22.9 Å². The van der Waals surface area contributed by atoms with Gasteiger partial charge in [-0.1, -0.05) is 6.92 Å². The number of benzene rings is 1. The third-order valence-electron chi connectivity index (χ3n) is 6.73. The zero-order chi connectivity index (χ0) is 21.7. The van der Waals surface area contributed by atoms with Crippen LogP contribution in [0.4, 0.5) is 5.69 Å². The van der Waals surface area contributed by atoms with Gasteiger partial charge in [-0.05, 0) is 75.6 Å². The van der Waals surface area contributed by atoms with Crippen molar-refractivity contribution in [2.24, 2.45) is 13.0 Å². The van der Waals surface area contributed by atoms with E-state index in [0.717, 1.165) is 33.3 Å². The molecule has 0 spiro atoms. The van der Waals surface area contributed by atoms with Gasteiger partial charge in [0.2, 0.25) is 0 Å². The molecule has 5 rings (SSSR count). The van der Waals surface area contributed by atoms with Crippen molar-refractivity contribution in [1.82, 2.24) is 7.35 Å². The maximum atomic E-state index is 12.9. The predicted molar refractivity (Wildman–Crippen MR) is 141 cm³/mol. The highest BCUT2D eigenvalue weighted by Gasteiger charge is 2.25. The standard InChI is InChI=1S/C25H30IN3OS/c1-15-4-6-17(7-5-15)27-23-11-10-19(31-18-8-9-18)13-20(23)22-14-28(3)25(30)24-21(22)12-16(2)29(24)26/h10-15,17-18,27H,4-9H2,1-3H3. The topological polar surface area (TPSA) is 39.0 Å². The Bertz CT molecular complexity index is 1190. The second-order valence-corrected chi connectivity index (χ2v) is 11.8. The van der Waals surface area contributed by atoms with E-state index in [2.05, 4.69) is 66.3 Å². The van der Waals surface area contributed by atoms with E-state index in [1.165, 1.54) is 54.7 Å². The molecule has 0 bridgehead atoms. The molecule has 0 atom stereocenters. The molecular formula is C25H30IN3OS. The lowest BCUT2D eigenvalue weighted by Crippen LogP contribution is -2.25. The first kappa shape index (κ1) is 21.4. The van der Waals surface area contributed by atoms with Crippen LogP contribution in [0.15, 0.2) is 40.2 Å². The predicted octanol–water partition coefficient (Wildman–Crippen LogP) is 6.76. The lowest BCUT2D eigenvalue weighted by Gasteiger charge is -2.29. The van der Waals surface area contributed by atoms with Crippen molar-refractivity contribution in [3.63, 3.8) is 0 Å². The zero-order valence-corrected chi connectivity index (χ0v) is 21.4. The minimum absolute atomic E-state index is 0.0561. The molecule has 0 amide bonds. The molecule has 2 aliphatic carbocycles. The van der Waals surface area contributed by atoms with Gasteiger partial charge in [-0.25, -0.2) is 0 Å². The van der Waals surface area contributed by atoms with Crippen LogP contribution in [0.3, 0.4) is 0 Å². The lowest BCUT2D eigenvalue weighted by atomic mass is 9.87. The summed E-state index contributed by atoms with van der Waals surface area (Å²) in [6, 6.07) is 9.56. The maximum absolute atomic E-state index is 12.9. The van der Waals surface area contributed by atoms with Crippen molar-refractivity contribution < 1.29 is 0 Å². The Hall–Kier alpha value is -1.41. The number of aryl methyl sites for hydroxylation is 2. The molecule has 31 heavy (non-hydrogen) atoms. The van der Waals surface area contributed by atoms with Crippen LogP contribution in [-0.2, 0) is 7.05 Å². The fourth-order valence-corrected chi connectivity index (χ4v) is 6.37. The van der Waals surface area contributed by atoms with Crippen molar-refractivity contribution in [2.45, 2.75) is 68.6 Å². The highest BCUT2D eigenvalue weighted by Crippen LogP contribution is 2.43. The van der Waals surface area contributed by atoms with Crippen LogP contribution in [0.1, 0.15) is 51.1 Å². The van der Waals surface area contributed by atoms with Crippen LogP contribution in [0.5, 0.6) is 0 Å². The van der Waals surface area contributed by atoms with Crippen molar-refractivity contribution in [2.75, 3.05) is 5.32 Å². The summed E-state index contributed by atoms with van der Waals surface area (Å²) in [4.78, 5) is 14.2. The number of anilines is 1. The first-order valence-corrected chi connectivity index (χ1v) is 13.2. The number of hydrogen-bond acceptors (Lipinski definition) is 3. The molecule has 2 saturated carbocycles. The van der Waals surface area contributed by atoms with E-state index in [4.69, 9.17) is 0 Å². The first-order valence-electron chi connectivity index (χ1n) is 11.4. The Kier molecular flexibility index (Phi) is 5.88. The number of pyridine rings is 1. The van der Waals surface area contributed by atoms with Gasteiger partial charge in [0, 0.05) is 57.3 Å². The molecule has 4 nitrogen and oxygen atoms in total. The van der Waals surface area contributed by atoms with Gasteiger partial charge in [0.25, 0.3) is 5.56 Å². The maximum Gasteiger partial charge on any atom is 0.275 e. The summed E-state index contributed by atoms with van der Waals surface area (Å²) in [5, 5.41) is 5.69. The van der Waals surface area contributed by atoms with Gasteiger partial charge in [0.15, 0.2) is 0 Å². The number of aromatic nitrogens is 2. The van der Waals surface area contributed by atoms with Crippen LogP contribution >= 0.6 is 34.6 Å². The Labute approximate surface area is 202 Å². The Balaban J connectivity index is 1.63. The average molecular weight is 548 g/mol. The lowest BCUT2D eigenvalue weighted by molar-refractivity contribution is 0.361. The zero-order valence-electron chi connectivity index (χ0n) is 18.5. The molecule has 2 heterocycles. The fourth-order valence-electron chi connectivity index (χ4n) is 4.67. The van der Waals surface area contributed by atoms with E-state index in [9.17, 15) is 4.79 Å². The molecule has 2 aromatic heterocycles. The molecule has 0 aliphatic heterocycles. The summed E-state index contributed by atoms with van der Waals surface area (Å²) in [7, 11) is 1.86. The smallest absolute Gasteiger partial charge is 0.275 e. The monoisotopic (exact) mass is 547 g/mol. The van der Waals surface area contributed by atoms with Gasteiger partial charge in [0.1, 0.15) is 5.52 Å². The Morgan fingerprint density at radius 1 is 1.06 bits per heavy atom. The van der Waals surface area contributed by atoms with Crippen LogP contribution in [0, 0.1) is 12.8 Å². The largest absolute Gasteiger partial charge is 0.382 e. The second-order valence-electron chi connectivity index (χ2n) is 9.41. The van der Waals surface area contributed by atoms with E-state index >= 15 is 0 Å². The number of halogens is 1. The van der Waals surface area contributed by atoms with Crippen LogP contribution in [-0.4, -0.2) is 18.6 Å². The average Bonchev–Trinajstić information content (AvgIpc) is 3.51. The Morgan fingerprint density at radius 3 is 2.52 bits per heavy atom. The molecular weight excluding hydrogens is 517 g/mol. The van der Waals surface area contributed by atoms with Gasteiger partial charge in [-0.2, -0.15) is 0 Å². The molecule has 0 unspecified atom stereocenters. The van der Waals surface area contributed by atoms with Crippen molar-refractivity contribution in [1.29, 1.82) is 0 Å². The summed E-state index contributed by atoms with van der Waals surface area (Å²) >= 11 is 4.24. The number of fused-ring (bicyclic) bond motifs is 1. The summed E-state index contributed by atoms with van der Waals surface area (Å²) in [5.74, 6) is 0.838. The normalized spacial score (nSPS) is 21.5. The number of nitrogens with zero attached hydrogens (tertiary/aromatic N) is 2. The van der Waals surface area contributed by atoms with E-state index in [1.807, 2.05) is 27.8 Å². The van der Waals surface area contributed by atoms with E-state index < -0.39 is 0 Å². The molecule has 2 fully saturated rings. The fraction of sp³-hybridized carbons (Fsp3) is 0.480. The molecule has 6 heteroatoms. The quantitative estimate of drug-likeness (QED) is 0.359. The molecule has 0 saturated heterocycles. The Morgan fingerprint density at radius 2 is 1.81 bits per heavy atom. The highest BCUT2D eigenvalue weighted by molar-refractivity contribution is 14.1. The van der Waals surface area contributed by atoms with E-state index in [1.54, 1.807) is 4.57 Å². The second kappa shape index (κ2) is 8.50. The highest BCUT2D eigenvalue weighted by atomic mass is 127. The van der Waals surface area contributed by atoms with Gasteiger partial charge >= 0.3 is 0 Å². The van der Waals surface area contributed by atoms with Gasteiger partial charge in [-0.15, -0.1) is 11.8 Å². The van der Waals surface area contributed by atoms with Crippen LogP contribution in [0.25, 0.3) is 22.0 Å². The molecule has 2 aliphatic rings. The van der Waals surface area contributed by atoms with Crippen molar-refractivity contribution in [3.8, 4) is 11.1 Å². The summed E-state index contributed by atoms with van der Waals surface area (Å²) < 4.78 is 3.73. The number of nitrogens with one attached hydrogen (secondary N) is 1. The summed E-state index contributed by atoms with van der Waals surface area (Å²) in [6.45, 7) is 4.43.